The van der Waals surface area contributed by atoms with E-state index >= 15 is 0 Å². The molecule has 0 aliphatic heterocycles. The lowest BCUT2D eigenvalue weighted by Gasteiger charge is -2.01. The minimum absolute atomic E-state index is 0.172. The Hall–Kier alpha value is -0.970. The number of rotatable bonds is 13. The van der Waals surface area contributed by atoms with Gasteiger partial charge in [0.15, 0.2) is 0 Å². The van der Waals surface area contributed by atoms with E-state index in [4.69, 9.17) is 5.11 Å². The third-order valence-corrected chi connectivity index (χ3v) is 3.49. The molecule has 0 aromatic heterocycles. The summed E-state index contributed by atoms with van der Waals surface area (Å²) in [6, 6.07) is 0. The quantitative estimate of drug-likeness (QED) is 0.354. The van der Waals surface area contributed by atoms with Crippen LogP contribution in [0.4, 0.5) is 0 Å². The number of carboxylic acids is 1. The van der Waals surface area contributed by atoms with Gasteiger partial charge in [-0.1, -0.05) is 71.1 Å². The van der Waals surface area contributed by atoms with Crippen LogP contribution in [0.2, 0.25) is 0 Å². The number of carboxylic acid groups (broad SMARTS) is 1. The lowest BCUT2D eigenvalue weighted by atomic mass is 10.1. The monoisotopic (exact) mass is 280 g/mol. The van der Waals surface area contributed by atoms with Crippen molar-refractivity contribution in [3.8, 4) is 11.8 Å². The normalized spacial score (nSPS) is 10.1. The van der Waals surface area contributed by atoms with Gasteiger partial charge in [0, 0.05) is 12.8 Å². The maximum absolute atomic E-state index is 10.3. The first-order chi connectivity index (χ1) is 9.77. The van der Waals surface area contributed by atoms with Crippen LogP contribution in [0.3, 0.4) is 0 Å². The number of unbranched alkanes of at least 4 members (excludes halogenated alkanes) is 11. The van der Waals surface area contributed by atoms with E-state index in [-0.39, 0.29) is 6.42 Å². The molecule has 0 radical (unpaired) electrons. The Morgan fingerprint density at radius 3 is 1.70 bits per heavy atom. The second-order valence-electron chi connectivity index (χ2n) is 5.53. The summed E-state index contributed by atoms with van der Waals surface area (Å²) in [7, 11) is 0. The van der Waals surface area contributed by atoms with Crippen LogP contribution >= 0.6 is 0 Å². The van der Waals surface area contributed by atoms with Crippen LogP contribution in [-0.4, -0.2) is 11.1 Å². The molecule has 0 fully saturated rings. The molecule has 0 rings (SSSR count). The summed E-state index contributed by atoms with van der Waals surface area (Å²) in [5.74, 6) is 5.22. The second-order valence-corrected chi connectivity index (χ2v) is 5.53. The van der Waals surface area contributed by atoms with Crippen molar-refractivity contribution in [1.82, 2.24) is 0 Å². The number of hydrogen-bond donors (Lipinski definition) is 1. The summed E-state index contributed by atoms with van der Waals surface area (Å²) < 4.78 is 0. The maximum atomic E-state index is 10.3. The van der Waals surface area contributed by atoms with Crippen LogP contribution in [0, 0.1) is 11.8 Å². The van der Waals surface area contributed by atoms with Crippen molar-refractivity contribution in [2.24, 2.45) is 0 Å². The molecule has 0 saturated carbocycles. The van der Waals surface area contributed by atoms with Gasteiger partial charge in [0.2, 0.25) is 0 Å². The first-order valence-electron chi connectivity index (χ1n) is 8.45. The molecule has 2 heteroatoms. The van der Waals surface area contributed by atoms with Crippen molar-refractivity contribution >= 4 is 5.97 Å². The summed E-state index contributed by atoms with van der Waals surface area (Å²) in [6.45, 7) is 2.26. The van der Waals surface area contributed by atoms with Crippen LogP contribution < -0.4 is 0 Å². The highest BCUT2D eigenvalue weighted by Gasteiger charge is 1.93. The van der Waals surface area contributed by atoms with Crippen molar-refractivity contribution in [2.45, 2.75) is 96.8 Å². The first kappa shape index (κ1) is 19.0. The summed E-state index contributed by atoms with van der Waals surface area (Å²) in [5.41, 5.74) is 0. The predicted molar refractivity (Wildman–Crippen MR) is 85.7 cm³/mol. The zero-order chi connectivity index (χ0) is 14.9. The highest BCUT2D eigenvalue weighted by atomic mass is 16.4. The lowest BCUT2D eigenvalue weighted by Crippen LogP contribution is -1.91. The van der Waals surface area contributed by atoms with Gasteiger partial charge in [-0.3, -0.25) is 4.79 Å². The van der Waals surface area contributed by atoms with E-state index in [1.807, 2.05) is 0 Å². The van der Waals surface area contributed by atoms with Gasteiger partial charge in [-0.05, 0) is 6.42 Å². The predicted octanol–water partition coefficient (Wildman–Crippen LogP) is 5.56. The Morgan fingerprint density at radius 2 is 1.20 bits per heavy atom. The molecule has 0 aromatic rings. The second kappa shape index (κ2) is 16.1. The molecule has 0 aliphatic carbocycles. The molecule has 0 aromatic carbocycles. The average Bonchev–Trinajstić information content (AvgIpc) is 2.43. The van der Waals surface area contributed by atoms with Gasteiger partial charge >= 0.3 is 5.97 Å². The molecule has 0 unspecified atom stereocenters. The van der Waals surface area contributed by atoms with E-state index in [2.05, 4.69) is 18.8 Å². The Balaban J connectivity index is 3.07. The molecular formula is C18H32O2. The highest BCUT2D eigenvalue weighted by molar-refractivity contribution is 5.66. The van der Waals surface area contributed by atoms with Crippen molar-refractivity contribution in [3.05, 3.63) is 0 Å². The molecule has 2 nitrogen and oxygen atoms in total. The molecule has 0 spiro atoms. The topological polar surface area (TPSA) is 37.3 Å². The third kappa shape index (κ3) is 17.0. The van der Waals surface area contributed by atoms with Gasteiger partial charge in [0.25, 0.3) is 0 Å². The van der Waals surface area contributed by atoms with E-state index in [1.165, 1.54) is 64.2 Å². The number of carbonyl (C=O) groups is 1. The standard InChI is InChI=1S/C18H32O2/c1-2-3-4-5-6-7-8-9-10-11-12-13-14-15-16-17-18(19)20/h2-13,16-17H2,1H3,(H,19,20). The molecule has 0 heterocycles. The Morgan fingerprint density at radius 1 is 0.750 bits per heavy atom. The number of aliphatic carboxylic acids is 1. The van der Waals surface area contributed by atoms with E-state index < -0.39 is 5.97 Å². The maximum Gasteiger partial charge on any atom is 0.304 e. The van der Waals surface area contributed by atoms with Crippen molar-refractivity contribution in [1.29, 1.82) is 0 Å². The molecule has 0 amide bonds. The van der Waals surface area contributed by atoms with E-state index in [0.717, 1.165) is 12.8 Å². The zero-order valence-electron chi connectivity index (χ0n) is 13.3. The molecular weight excluding hydrogens is 248 g/mol. The molecule has 0 aliphatic rings. The fourth-order valence-corrected chi connectivity index (χ4v) is 2.22. The van der Waals surface area contributed by atoms with Crippen molar-refractivity contribution in [3.63, 3.8) is 0 Å². The van der Waals surface area contributed by atoms with Crippen LogP contribution in [0.25, 0.3) is 0 Å². The third-order valence-electron chi connectivity index (χ3n) is 3.49. The Kier molecular flexibility index (Phi) is 15.3. The fourth-order valence-electron chi connectivity index (χ4n) is 2.22. The molecule has 0 bridgehead atoms. The summed E-state index contributed by atoms with van der Waals surface area (Å²) in [6.07, 6.45) is 16.5. The minimum Gasteiger partial charge on any atom is -0.481 e. The van der Waals surface area contributed by atoms with Crippen molar-refractivity contribution < 1.29 is 9.90 Å². The smallest absolute Gasteiger partial charge is 0.304 e. The summed E-state index contributed by atoms with van der Waals surface area (Å²) in [4.78, 5) is 10.3. The van der Waals surface area contributed by atoms with Gasteiger partial charge in [0.05, 0.1) is 6.42 Å². The van der Waals surface area contributed by atoms with Crippen molar-refractivity contribution in [2.75, 3.05) is 0 Å². The fraction of sp³-hybridized carbons (Fsp3) is 0.833. The van der Waals surface area contributed by atoms with E-state index in [0.29, 0.717) is 6.42 Å². The van der Waals surface area contributed by atoms with Gasteiger partial charge in [0.1, 0.15) is 0 Å². The largest absolute Gasteiger partial charge is 0.481 e. The summed E-state index contributed by atoms with van der Waals surface area (Å²) in [5, 5.41) is 8.45. The van der Waals surface area contributed by atoms with Gasteiger partial charge in [-0.15, -0.1) is 11.8 Å². The molecule has 20 heavy (non-hydrogen) atoms. The average molecular weight is 280 g/mol. The molecule has 0 saturated heterocycles. The SMILES string of the molecule is CCCCCCCCCCCCCC#CCCC(=O)O. The zero-order valence-corrected chi connectivity index (χ0v) is 13.3. The van der Waals surface area contributed by atoms with Crippen LogP contribution in [0.5, 0.6) is 0 Å². The van der Waals surface area contributed by atoms with Crippen LogP contribution in [0.1, 0.15) is 96.8 Å². The Labute approximate surface area is 125 Å². The van der Waals surface area contributed by atoms with E-state index in [9.17, 15) is 4.79 Å². The van der Waals surface area contributed by atoms with Gasteiger partial charge in [-0.2, -0.15) is 0 Å². The first-order valence-corrected chi connectivity index (χ1v) is 8.45. The minimum atomic E-state index is -0.756. The Bertz CT molecular complexity index is 273. The number of hydrogen-bond acceptors (Lipinski definition) is 1. The summed E-state index contributed by atoms with van der Waals surface area (Å²) >= 11 is 0. The van der Waals surface area contributed by atoms with Gasteiger partial charge < -0.3 is 5.11 Å². The molecule has 0 atom stereocenters. The van der Waals surface area contributed by atoms with E-state index in [1.54, 1.807) is 0 Å². The van der Waals surface area contributed by atoms with Crippen LogP contribution in [0.15, 0.2) is 0 Å². The van der Waals surface area contributed by atoms with Gasteiger partial charge in [-0.25, -0.2) is 0 Å². The highest BCUT2D eigenvalue weighted by Crippen LogP contribution is 2.11. The lowest BCUT2D eigenvalue weighted by molar-refractivity contribution is -0.136. The molecule has 1 N–H and O–H groups in total. The van der Waals surface area contributed by atoms with Crippen LogP contribution in [-0.2, 0) is 4.79 Å². The molecule has 116 valence electrons.